The van der Waals surface area contributed by atoms with Crippen LogP contribution in [0.15, 0.2) is 41.3 Å². The molecule has 0 bridgehead atoms. The highest BCUT2D eigenvalue weighted by atomic mass is 35.5. The summed E-state index contributed by atoms with van der Waals surface area (Å²) >= 11 is 13.7. The maximum Gasteiger partial charge on any atom is 0.272 e. The molecule has 2 heterocycles. The van der Waals surface area contributed by atoms with Crippen molar-refractivity contribution in [2.75, 3.05) is 13.1 Å². The Morgan fingerprint density at radius 2 is 1.92 bits per heavy atom. The van der Waals surface area contributed by atoms with Gasteiger partial charge in [-0.05, 0) is 49.6 Å². The number of benzene rings is 1. The van der Waals surface area contributed by atoms with Gasteiger partial charge in [0.05, 0.1) is 10.7 Å². The van der Waals surface area contributed by atoms with E-state index in [1.54, 1.807) is 23.9 Å². The van der Waals surface area contributed by atoms with Crippen molar-refractivity contribution >= 4 is 40.9 Å². The Hall–Kier alpha value is -1.23. The maximum absolute atomic E-state index is 12.5. The Balaban J connectivity index is 1.67. The number of rotatable bonds is 4. The lowest BCUT2D eigenvalue weighted by Crippen LogP contribution is -2.36. The second-order valence-corrected chi connectivity index (χ2v) is 7.59. The van der Waals surface area contributed by atoms with Crippen LogP contribution in [-0.4, -0.2) is 28.9 Å². The summed E-state index contributed by atoms with van der Waals surface area (Å²) in [7, 11) is 0. The zero-order valence-corrected chi connectivity index (χ0v) is 15.5. The summed E-state index contributed by atoms with van der Waals surface area (Å²) in [5.41, 5.74) is 1.39. The average Bonchev–Trinajstić information content (AvgIpc) is 2.61. The molecule has 3 nitrogen and oxygen atoms in total. The number of aromatic nitrogens is 1. The van der Waals surface area contributed by atoms with Crippen molar-refractivity contribution in [2.24, 2.45) is 0 Å². The van der Waals surface area contributed by atoms with Crippen LogP contribution in [0.5, 0.6) is 0 Å². The third-order valence-corrected chi connectivity index (χ3v) is 5.71. The second-order valence-electron chi connectivity index (χ2n) is 5.73. The Kier molecular flexibility index (Phi) is 6.04. The molecule has 1 aliphatic rings. The number of piperidine rings is 1. The van der Waals surface area contributed by atoms with Gasteiger partial charge in [0.25, 0.3) is 5.91 Å². The minimum Gasteiger partial charge on any atom is -0.337 e. The van der Waals surface area contributed by atoms with Gasteiger partial charge < -0.3 is 4.90 Å². The first kappa shape index (κ1) is 17.6. The van der Waals surface area contributed by atoms with Crippen LogP contribution in [0.4, 0.5) is 0 Å². The number of carbonyl (C=O) groups is 1. The van der Waals surface area contributed by atoms with E-state index in [1.807, 2.05) is 29.2 Å². The summed E-state index contributed by atoms with van der Waals surface area (Å²) in [5.74, 6) is 0.689. The van der Waals surface area contributed by atoms with Gasteiger partial charge in [0, 0.05) is 28.8 Å². The van der Waals surface area contributed by atoms with Gasteiger partial charge in [-0.1, -0.05) is 29.3 Å². The molecule has 1 amide bonds. The summed E-state index contributed by atoms with van der Waals surface area (Å²) in [5, 5.41) is 1.25. The highest BCUT2D eigenvalue weighted by Gasteiger charge is 2.19. The zero-order valence-electron chi connectivity index (χ0n) is 13.2. The molecular formula is C18H18Cl2N2OS. The fourth-order valence-corrected chi connectivity index (χ4v) is 4.08. The Morgan fingerprint density at radius 3 is 2.67 bits per heavy atom. The van der Waals surface area contributed by atoms with Gasteiger partial charge in [-0.3, -0.25) is 4.79 Å². The minimum atomic E-state index is 0.0334. The van der Waals surface area contributed by atoms with Gasteiger partial charge >= 0.3 is 0 Å². The molecule has 6 heteroatoms. The van der Waals surface area contributed by atoms with Crippen molar-refractivity contribution < 1.29 is 4.79 Å². The molecule has 126 valence electrons. The van der Waals surface area contributed by atoms with E-state index < -0.39 is 0 Å². The molecular weight excluding hydrogens is 363 g/mol. The molecule has 0 N–H and O–H groups in total. The van der Waals surface area contributed by atoms with Crippen LogP contribution < -0.4 is 0 Å². The summed E-state index contributed by atoms with van der Waals surface area (Å²) in [6.07, 6.45) is 3.36. The molecule has 24 heavy (non-hydrogen) atoms. The van der Waals surface area contributed by atoms with Crippen LogP contribution in [0, 0.1) is 0 Å². The van der Waals surface area contributed by atoms with Gasteiger partial charge in [0.15, 0.2) is 0 Å². The van der Waals surface area contributed by atoms with Crippen LogP contribution in [0.25, 0.3) is 0 Å². The van der Waals surface area contributed by atoms with E-state index in [9.17, 15) is 4.79 Å². The second kappa shape index (κ2) is 8.24. The predicted octanol–water partition coefficient (Wildman–Crippen LogP) is 5.31. The van der Waals surface area contributed by atoms with E-state index in [0.29, 0.717) is 21.5 Å². The lowest BCUT2D eigenvalue weighted by Gasteiger charge is -2.26. The molecule has 0 atom stereocenters. The number of thioether (sulfide) groups is 1. The third kappa shape index (κ3) is 4.44. The fourth-order valence-electron chi connectivity index (χ4n) is 2.68. The SMILES string of the molecule is O=C(c1cccc(CSc2ccc(Cl)cc2Cl)n1)N1CCCCC1. The Bertz CT molecular complexity index is 733. The number of amides is 1. The van der Waals surface area contributed by atoms with Crippen molar-refractivity contribution in [3.05, 3.63) is 57.8 Å². The van der Waals surface area contributed by atoms with Crippen LogP contribution in [0.2, 0.25) is 10.0 Å². The van der Waals surface area contributed by atoms with E-state index in [1.165, 1.54) is 6.42 Å². The monoisotopic (exact) mass is 380 g/mol. The van der Waals surface area contributed by atoms with E-state index in [2.05, 4.69) is 4.98 Å². The van der Waals surface area contributed by atoms with Gasteiger partial charge in [0.1, 0.15) is 5.69 Å². The lowest BCUT2D eigenvalue weighted by molar-refractivity contribution is 0.0718. The van der Waals surface area contributed by atoms with Crippen molar-refractivity contribution in [3.63, 3.8) is 0 Å². The third-order valence-electron chi connectivity index (χ3n) is 3.94. The van der Waals surface area contributed by atoms with Gasteiger partial charge in [0.2, 0.25) is 0 Å². The van der Waals surface area contributed by atoms with Crippen molar-refractivity contribution in [1.82, 2.24) is 9.88 Å². The largest absolute Gasteiger partial charge is 0.337 e. The summed E-state index contributed by atoms with van der Waals surface area (Å²) in [4.78, 5) is 19.9. The number of likely N-dealkylation sites (tertiary alicyclic amines) is 1. The number of hydrogen-bond acceptors (Lipinski definition) is 3. The number of halogens is 2. The summed E-state index contributed by atoms with van der Waals surface area (Å²) in [6.45, 7) is 1.67. The minimum absolute atomic E-state index is 0.0334. The molecule has 0 aliphatic carbocycles. The lowest BCUT2D eigenvalue weighted by atomic mass is 10.1. The number of hydrogen-bond donors (Lipinski definition) is 0. The highest BCUT2D eigenvalue weighted by molar-refractivity contribution is 7.98. The Labute approximate surface area is 156 Å². The maximum atomic E-state index is 12.5. The van der Waals surface area contributed by atoms with Crippen molar-refractivity contribution in [1.29, 1.82) is 0 Å². The number of nitrogens with zero attached hydrogens (tertiary/aromatic N) is 2. The molecule has 0 spiro atoms. The molecule has 3 rings (SSSR count). The van der Waals surface area contributed by atoms with Gasteiger partial charge in [-0.25, -0.2) is 4.98 Å². The topological polar surface area (TPSA) is 33.2 Å². The van der Waals surface area contributed by atoms with Gasteiger partial charge in [-0.2, -0.15) is 0 Å². The molecule has 1 aromatic carbocycles. The molecule has 1 fully saturated rings. The molecule has 0 radical (unpaired) electrons. The van der Waals surface area contributed by atoms with Crippen LogP contribution in [-0.2, 0) is 5.75 Å². The quantitative estimate of drug-likeness (QED) is 0.674. The number of pyridine rings is 1. The van der Waals surface area contributed by atoms with Crippen molar-refractivity contribution in [2.45, 2.75) is 29.9 Å². The van der Waals surface area contributed by atoms with E-state index >= 15 is 0 Å². The first-order valence-corrected chi connectivity index (χ1v) is 9.71. The molecule has 1 aliphatic heterocycles. The average molecular weight is 381 g/mol. The van der Waals surface area contributed by atoms with Crippen molar-refractivity contribution in [3.8, 4) is 0 Å². The Morgan fingerprint density at radius 1 is 1.12 bits per heavy atom. The predicted molar refractivity (Wildman–Crippen MR) is 100 cm³/mol. The standard InChI is InChI=1S/C18H18Cl2N2OS/c19-13-7-8-17(15(20)11-13)24-12-14-5-4-6-16(21-14)18(23)22-9-2-1-3-10-22/h4-8,11H,1-3,9-10,12H2. The van der Waals surface area contributed by atoms with E-state index in [0.717, 1.165) is 36.5 Å². The van der Waals surface area contributed by atoms with E-state index in [-0.39, 0.29) is 5.91 Å². The summed E-state index contributed by atoms with van der Waals surface area (Å²) in [6, 6.07) is 11.1. The molecule has 2 aromatic rings. The van der Waals surface area contributed by atoms with Gasteiger partial charge in [-0.15, -0.1) is 11.8 Å². The highest BCUT2D eigenvalue weighted by Crippen LogP contribution is 2.31. The normalized spacial score (nSPS) is 14.7. The zero-order chi connectivity index (χ0) is 16.9. The molecule has 0 saturated carbocycles. The van der Waals surface area contributed by atoms with Crippen LogP contribution in [0.3, 0.4) is 0 Å². The molecule has 0 unspecified atom stereocenters. The summed E-state index contributed by atoms with van der Waals surface area (Å²) < 4.78 is 0. The first-order valence-electron chi connectivity index (χ1n) is 7.96. The number of carbonyl (C=O) groups excluding carboxylic acids is 1. The van der Waals surface area contributed by atoms with Crippen LogP contribution >= 0.6 is 35.0 Å². The van der Waals surface area contributed by atoms with E-state index in [4.69, 9.17) is 23.2 Å². The first-order chi connectivity index (χ1) is 11.6. The smallest absolute Gasteiger partial charge is 0.272 e. The molecule has 1 aromatic heterocycles. The fraction of sp³-hybridized carbons (Fsp3) is 0.333. The molecule has 1 saturated heterocycles. The van der Waals surface area contributed by atoms with Crippen LogP contribution in [0.1, 0.15) is 35.4 Å².